The smallest absolute Gasteiger partial charge is 0.269 e. The van der Waals surface area contributed by atoms with Gasteiger partial charge in [-0.15, -0.1) is 11.3 Å². The van der Waals surface area contributed by atoms with Gasteiger partial charge >= 0.3 is 0 Å². The van der Waals surface area contributed by atoms with Gasteiger partial charge in [0, 0.05) is 28.3 Å². The zero-order valence-corrected chi connectivity index (χ0v) is 21.1. The molecule has 0 radical (unpaired) electrons. The van der Waals surface area contributed by atoms with Crippen LogP contribution in [0.5, 0.6) is 0 Å². The maximum absolute atomic E-state index is 13.4. The van der Waals surface area contributed by atoms with Crippen LogP contribution in [-0.4, -0.2) is 16.7 Å². The summed E-state index contributed by atoms with van der Waals surface area (Å²) in [6.45, 7) is 8.69. The molecule has 0 saturated carbocycles. The minimum absolute atomic E-state index is 0.0838. The first-order chi connectivity index (χ1) is 16.5. The van der Waals surface area contributed by atoms with E-state index in [1.165, 1.54) is 35.6 Å². The van der Waals surface area contributed by atoms with E-state index in [2.05, 4.69) is 31.4 Å². The summed E-state index contributed by atoms with van der Waals surface area (Å²) in [5, 5.41) is 17.3. The van der Waals surface area contributed by atoms with Gasteiger partial charge in [0.05, 0.1) is 10.5 Å². The van der Waals surface area contributed by atoms with Crippen molar-refractivity contribution < 1.29 is 14.5 Å². The van der Waals surface area contributed by atoms with E-state index >= 15 is 0 Å². The zero-order chi connectivity index (χ0) is 25.3. The third kappa shape index (κ3) is 5.43. The Labute approximate surface area is 208 Å². The number of rotatable bonds is 5. The second-order valence-corrected chi connectivity index (χ2v) is 11.2. The van der Waals surface area contributed by atoms with Crippen LogP contribution in [0.3, 0.4) is 0 Å². The van der Waals surface area contributed by atoms with Crippen LogP contribution in [0.2, 0.25) is 0 Å². The summed E-state index contributed by atoms with van der Waals surface area (Å²) in [5.41, 5.74) is 3.65. The number of hydrogen-bond donors (Lipinski definition) is 2. The van der Waals surface area contributed by atoms with E-state index in [9.17, 15) is 19.7 Å². The molecule has 2 N–H and O–H groups in total. The minimum Gasteiger partial charge on any atom is -0.322 e. The number of carbonyl (C=O) groups excluding carboxylic acids is 2. The first-order valence-electron chi connectivity index (χ1n) is 11.6. The zero-order valence-electron chi connectivity index (χ0n) is 20.3. The van der Waals surface area contributed by atoms with E-state index in [1.54, 1.807) is 0 Å². The van der Waals surface area contributed by atoms with Crippen LogP contribution in [0.15, 0.2) is 48.5 Å². The van der Waals surface area contributed by atoms with E-state index in [1.807, 2.05) is 31.2 Å². The SMILES string of the molecule is Cc1ccc(NC(=O)c2c(NC(=O)c3ccc([N+](=O)[O-])cc3)sc3c2CC[C@@H](C(C)(C)C)C3)cc1. The van der Waals surface area contributed by atoms with Crippen LogP contribution in [0.25, 0.3) is 0 Å². The van der Waals surface area contributed by atoms with Crippen molar-refractivity contribution in [3.63, 3.8) is 0 Å². The average molecular weight is 492 g/mol. The number of aryl methyl sites for hydroxylation is 1. The molecule has 1 aromatic heterocycles. The third-order valence-corrected chi connectivity index (χ3v) is 7.76. The van der Waals surface area contributed by atoms with E-state index in [-0.39, 0.29) is 17.0 Å². The van der Waals surface area contributed by atoms with Crippen LogP contribution < -0.4 is 10.6 Å². The number of amides is 2. The van der Waals surface area contributed by atoms with Gasteiger partial charge in [0.15, 0.2) is 0 Å². The summed E-state index contributed by atoms with van der Waals surface area (Å²) in [6.07, 6.45) is 2.62. The van der Waals surface area contributed by atoms with Crippen LogP contribution >= 0.6 is 11.3 Å². The van der Waals surface area contributed by atoms with Gasteiger partial charge in [-0.05, 0) is 67.3 Å². The van der Waals surface area contributed by atoms with Gasteiger partial charge in [-0.25, -0.2) is 0 Å². The molecular weight excluding hydrogens is 462 g/mol. The predicted molar refractivity (Wildman–Crippen MR) is 139 cm³/mol. The van der Waals surface area contributed by atoms with Crippen molar-refractivity contribution in [2.24, 2.45) is 11.3 Å². The summed E-state index contributed by atoms with van der Waals surface area (Å²) in [6, 6.07) is 13.0. The normalized spacial score (nSPS) is 15.3. The summed E-state index contributed by atoms with van der Waals surface area (Å²) < 4.78 is 0. The van der Waals surface area contributed by atoms with Gasteiger partial charge in [0.1, 0.15) is 5.00 Å². The van der Waals surface area contributed by atoms with Crippen molar-refractivity contribution >= 4 is 39.5 Å². The number of anilines is 2. The Balaban J connectivity index is 1.66. The second kappa shape index (κ2) is 9.62. The molecule has 3 aromatic rings. The van der Waals surface area contributed by atoms with Gasteiger partial charge in [0.25, 0.3) is 17.5 Å². The molecule has 182 valence electrons. The number of carbonyl (C=O) groups is 2. The number of nitrogens with one attached hydrogen (secondary N) is 2. The molecule has 0 fully saturated rings. The molecule has 4 rings (SSSR count). The van der Waals surface area contributed by atoms with Gasteiger partial charge < -0.3 is 10.6 Å². The number of nitro groups is 1. The van der Waals surface area contributed by atoms with Crippen LogP contribution in [-0.2, 0) is 12.8 Å². The van der Waals surface area contributed by atoms with Crippen molar-refractivity contribution in [3.8, 4) is 0 Å². The summed E-state index contributed by atoms with van der Waals surface area (Å²) in [4.78, 5) is 38.0. The standard InChI is InChI=1S/C27H29N3O4S/c1-16-5-10-19(11-6-16)28-25(32)23-21-14-9-18(27(2,3)4)15-22(21)35-26(23)29-24(31)17-7-12-20(13-8-17)30(33)34/h5-8,10-13,18H,9,14-15H2,1-4H3,(H,28,32)(H,29,31)/t18-/m1/s1. The molecule has 1 aliphatic carbocycles. The van der Waals surface area contributed by atoms with E-state index < -0.39 is 10.8 Å². The average Bonchev–Trinajstić information content (AvgIpc) is 3.17. The van der Waals surface area contributed by atoms with Gasteiger partial charge in [-0.3, -0.25) is 19.7 Å². The number of nitrogens with zero attached hydrogens (tertiary/aromatic N) is 1. The van der Waals surface area contributed by atoms with Gasteiger partial charge in [-0.2, -0.15) is 0 Å². The highest BCUT2D eigenvalue weighted by molar-refractivity contribution is 7.17. The minimum atomic E-state index is -0.506. The van der Waals surface area contributed by atoms with Gasteiger partial charge in [0.2, 0.25) is 0 Å². The largest absolute Gasteiger partial charge is 0.322 e. The van der Waals surface area contributed by atoms with E-state index in [4.69, 9.17) is 0 Å². The van der Waals surface area contributed by atoms with Crippen LogP contribution in [0.1, 0.15) is 63.9 Å². The second-order valence-electron chi connectivity index (χ2n) is 10.1. The van der Waals surface area contributed by atoms with Crippen molar-refractivity contribution in [2.45, 2.75) is 47.0 Å². The lowest BCUT2D eigenvalue weighted by Gasteiger charge is -2.33. The Hall–Kier alpha value is -3.52. The van der Waals surface area contributed by atoms with Crippen molar-refractivity contribution in [2.75, 3.05) is 10.6 Å². The fraction of sp³-hybridized carbons (Fsp3) is 0.333. The number of hydrogen-bond acceptors (Lipinski definition) is 5. The summed E-state index contributed by atoms with van der Waals surface area (Å²) in [5.74, 6) is -0.172. The predicted octanol–water partition coefficient (Wildman–Crippen LogP) is 6.62. The Morgan fingerprint density at radius 3 is 2.26 bits per heavy atom. The fourth-order valence-corrected chi connectivity index (χ4v) is 5.71. The number of non-ortho nitro benzene ring substituents is 1. The number of benzene rings is 2. The third-order valence-electron chi connectivity index (χ3n) is 6.59. The quantitative estimate of drug-likeness (QED) is 0.309. The highest BCUT2D eigenvalue weighted by Gasteiger charge is 2.34. The van der Waals surface area contributed by atoms with E-state index in [0.29, 0.717) is 27.7 Å². The first-order valence-corrected chi connectivity index (χ1v) is 12.4. The summed E-state index contributed by atoms with van der Waals surface area (Å²) in [7, 11) is 0. The number of thiophene rings is 1. The van der Waals surface area contributed by atoms with Crippen LogP contribution in [0.4, 0.5) is 16.4 Å². The lowest BCUT2D eigenvalue weighted by Crippen LogP contribution is -2.27. The van der Waals surface area contributed by atoms with E-state index in [0.717, 1.165) is 35.3 Å². The molecule has 35 heavy (non-hydrogen) atoms. The molecule has 7 nitrogen and oxygen atoms in total. The van der Waals surface area contributed by atoms with Crippen molar-refractivity contribution in [1.29, 1.82) is 0 Å². The molecule has 0 aliphatic heterocycles. The molecule has 2 aromatic carbocycles. The molecule has 2 amide bonds. The number of nitro benzene ring substituents is 1. The Morgan fingerprint density at radius 2 is 1.66 bits per heavy atom. The lowest BCUT2D eigenvalue weighted by molar-refractivity contribution is -0.384. The summed E-state index contributed by atoms with van der Waals surface area (Å²) >= 11 is 1.45. The molecular formula is C27H29N3O4S. The molecule has 0 spiro atoms. The maximum atomic E-state index is 13.4. The molecule has 1 atom stereocenters. The number of fused-ring (bicyclic) bond motifs is 1. The molecule has 1 heterocycles. The van der Waals surface area contributed by atoms with Crippen molar-refractivity contribution in [3.05, 3.63) is 85.8 Å². The Bertz CT molecular complexity index is 1270. The fourth-order valence-electron chi connectivity index (χ4n) is 4.39. The first kappa shape index (κ1) is 24.6. The molecule has 1 aliphatic rings. The molecule has 0 unspecified atom stereocenters. The molecule has 8 heteroatoms. The molecule has 0 bridgehead atoms. The van der Waals surface area contributed by atoms with Crippen molar-refractivity contribution in [1.82, 2.24) is 0 Å². The Kier molecular flexibility index (Phi) is 6.76. The van der Waals surface area contributed by atoms with Gasteiger partial charge in [-0.1, -0.05) is 38.5 Å². The Morgan fingerprint density at radius 1 is 1.00 bits per heavy atom. The highest BCUT2D eigenvalue weighted by atomic mass is 32.1. The molecule has 0 saturated heterocycles. The lowest BCUT2D eigenvalue weighted by atomic mass is 9.72. The topological polar surface area (TPSA) is 101 Å². The van der Waals surface area contributed by atoms with Crippen LogP contribution in [0, 0.1) is 28.4 Å². The maximum Gasteiger partial charge on any atom is 0.269 e. The highest BCUT2D eigenvalue weighted by Crippen LogP contribution is 2.44. The monoisotopic (exact) mass is 491 g/mol.